The molecule has 0 radical (unpaired) electrons. The van der Waals surface area contributed by atoms with Crippen LogP contribution in [0.3, 0.4) is 0 Å². The van der Waals surface area contributed by atoms with Crippen molar-refractivity contribution in [2.45, 2.75) is 50.7 Å². The fourth-order valence-corrected chi connectivity index (χ4v) is 4.28. The van der Waals surface area contributed by atoms with Crippen LogP contribution in [0.1, 0.15) is 53.7 Å². The van der Waals surface area contributed by atoms with E-state index in [1.54, 1.807) is 34.9 Å². The van der Waals surface area contributed by atoms with Gasteiger partial charge in [0, 0.05) is 17.8 Å². The highest BCUT2D eigenvalue weighted by molar-refractivity contribution is 8.00. The molecule has 3 rings (SSSR count). The maximum Gasteiger partial charge on any atom is 0.254 e. The smallest absolute Gasteiger partial charge is 0.254 e. The lowest BCUT2D eigenvalue weighted by molar-refractivity contribution is -0.115. The Hall–Kier alpha value is -3.53. The number of carbonyl (C=O) groups is 3. The van der Waals surface area contributed by atoms with Gasteiger partial charge in [0.1, 0.15) is 5.82 Å². The van der Waals surface area contributed by atoms with Gasteiger partial charge in [-0.25, -0.2) is 4.39 Å². The molecule has 2 N–H and O–H groups in total. The van der Waals surface area contributed by atoms with Crippen molar-refractivity contribution in [3.8, 4) is 0 Å². The zero-order valence-electron chi connectivity index (χ0n) is 19.2. The normalized spacial score (nSPS) is 11.6. The first-order valence-electron chi connectivity index (χ1n) is 10.9. The molecule has 34 heavy (non-hydrogen) atoms. The van der Waals surface area contributed by atoms with Crippen LogP contribution >= 0.6 is 11.8 Å². The van der Waals surface area contributed by atoms with E-state index in [1.807, 2.05) is 13.8 Å². The predicted octanol–water partition coefficient (Wildman–Crippen LogP) is 4.08. The molecule has 0 spiro atoms. The Morgan fingerprint density at radius 3 is 2.53 bits per heavy atom. The Kier molecular flexibility index (Phi) is 8.53. The van der Waals surface area contributed by atoms with E-state index in [2.05, 4.69) is 20.8 Å². The number of hydrogen-bond acceptors (Lipinski definition) is 6. The minimum Gasteiger partial charge on any atom is -0.345 e. The number of nitrogens with one attached hydrogen (secondary N) is 2. The molecular formula is C24H26FN5O3S. The maximum atomic E-state index is 13.8. The van der Waals surface area contributed by atoms with Gasteiger partial charge in [-0.15, -0.1) is 10.2 Å². The highest BCUT2D eigenvalue weighted by atomic mass is 32.2. The number of rotatable bonds is 10. The molecule has 2 aromatic carbocycles. The van der Waals surface area contributed by atoms with Crippen LogP contribution in [0.4, 0.5) is 10.1 Å². The van der Waals surface area contributed by atoms with Crippen LogP contribution in [0.5, 0.6) is 0 Å². The molecule has 10 heteroatoms. The van der Waals surface area contributed by atoms with Crippen LogP contribution in [0.15, 0.2) is 53.7 Å². The van der Waals surface area contributed by atoms with E-state index in [-0.39, 0.29) is 23.8 Å². The molecule has 2 amide bonds. The number of thioether (sulfide) groups is 1. The standard InChI is InChI=1S/C24H26FN5O3S/c1-4-20(23(33)27-17-10-8-9-16(13-17)15(3)31)34-24-29-28-21(30(24)5-2)14-26-22(32)18-11-6-7-12-19(18)25/h6-13,20H,4-5,14H2,1-3H3,(H,26,32)(H,27,33)/t20-/m0/s1. The van der Waals surface area contributed by atoms with E-state index < -0.39 is 17.0 Å². The summed E-state index contributed by atoms with van der Waals surface area (Å²) >= 11 is 1.27. The highest BCUT2D eigenvalue weighted by Crippen LogP contribution is 2.26. The number of carbonyl (C=O) groups excluding carboxylic acids is 3. The van der Waals surface area contributed by atoms with Crippen molar-refractivity contribution in [2.75, 3.05) is 5.32 Å². The first-order valence-corrected chi connectivity index (χ1v) is 11.7. The summed E-state index contributed by atoms with van der Waals surface area (Å²) in [6, 6.07) is 12.5. The number of Topliss-reactive ketones (excluding diaryl/α,β-unsaturated/α-hetero) is 1. The van der Waals surface area contributed by atoms with Gasteiger partial charge in [0.2, 0.25) is 5.91 Å². The molecule has 0 unspecified atom stereocenters. The number of halogens is 1. The van der Waals surface area contributed by atoms with Crippen LogP contribution in [-0.2, 0) is 17.9 Å². The van der Waals surface area contributed by atoms with Crippen molar-refractivity contribution in [2.24, 2.45) is 0 Å². The number of benzene rings is 2. The Labute approximate surface area is 201 Å². The zero-order valence-corrected chi connectivity index (χ0v) is 20.0. The second-order valence-electron chi connectivity index (χ2n) is 7.45. The van der Waals surface area contributed by atoms with Crippen LogP contribution in [0, 0.1) is 5.82 Å². The molecule has 178 valence electrons. The van der Waals surface area contributed by atoms with Gasteiger partial charge < -0.3 is 15.2 Å². The Morgan fingerprint density at radius 1 is 1.09 bits per heavy atom. The summed E-state index contributed by atoms with van der Waals surface area (Å²) in [7, 11) is 0. The van der Waals surface area contributed by atoms with E-state index >= 15 is 0 Å². The summed E-state index contributed by atoms with van der Waals surface area (Å²) in [6.07, 6.45) is 0.541. The summed E-state index contributed by atoms with van der Waals surface area (Å²) in [4.78, 5) is 36.8. The first kappa shape index (κ1) is 25.1. The third-order valence-corrected chi connectivity index (χ3v) is 6.43. The SMILES string of the molecule is CC[C@H](Sc1nnc(CNC(=O)c2ccccc2F)n1CC)C(=O)Nc1cccc(C(C)=O)c1. The first-order chi connectivity index (χ1) is 16.3. The summed E-state index contributed by atoms with van der Waals surface area (Å²) in [5, 5.41) is 14.0. The minimum absolute atomic E-state index is 0.0452. The summed E-state index contributed by atoms with van der Waals surface area (Å²) in [5.41, 5.74) is 1.02. The molecule has 0 aliphatic heterocycles. The molecule has 1 aromatic heterocycles. The number of anilines is 1. The molecule has 0 saturated carbocycles. The summed E-state index contributed by atoms with van der Waals surface area (Å²) < 4.78 is 15.6. The predicted molar refractivity (Wildman–Crippen MR) is 128 cm³/mol. The van der Waals surface area contributed by atoms with E-state index in [0.29, 0.717) is 35.2 Å². The molecule has 1 heterocycles. The molecule has 0 aliphatic carbocycles. The molecular weight excluding hydrogens is 457 g/mol. The van der Waals surface area contributed by atoms with Crippen molar-refractivity contribution in [1.29, 1.82) is 0 Å². The van der Waals surface area contributed by atoms with Gasteiger partial charge in [0.25, 0.3) is 5.91 Å². The van der Waals surface area contributed by atoms with Crippen molar-refractivity contribution in [1.82, 2.24) is 20.1 Å². The number of amides is 2. The van der Waals surface area contributed by atoms with E-state index in [1.165, 1.54) is 36.9 Å². The number of nitrogens with zero attached hydrogens (tertiary/aromatic N) is 3. The van der Waals surface area contributed by atoms with Crippen molar-refractivity contribution >= 4 is 35.0 Å². The van der Waals surface area contributed by atoms with Crippen molar-refractivity contribution in [3.63, 3.8) is 0 Å². The number of aromatic nitrogens is 3. The molecule has 0 aliphatic rings. The Balaban J connectivity index is 1.67. The lowest BCUT2D eigenvalue weighted by atomic mass is 10.1. The van der Waals surface area contributed by atoms with Crippen LogP contribution in [0.25, 0.3) is 0 Å². The lowest BCUT2D eigenvalue weighted by Gasteiger charge is -2.15. The van der Waals surface area contributed by atoms with Crippen LogP contribution in [0.2, 0.25) is 0 Å². The van der Waals surface area contributed by atoms with Gasteiger partial charge in [-0.05, 0) is 44.5 Å². The van der Waals surface area contributed by atoms with Gasteiger partial charge in [0.05, 0.1) is 17.4 Å². The molecule has 0 bridgehead atoms. The summed E-state index contributed by atoms with van der Waals surface area (Å²) in [6.45, 7) is 5.86. The Bertz CT molecular complexity index is 1200. The second-order valence-corrected chi connectivity index (χ2v) is 8.62. The fourth-order valence-electron chi connectivity index (χ4n) is 3.24. The largest absolute Gasteiger partial charge is 0.345 e. The van der Waals surface area contributed by atoms with Crippen molar-refractivity contribution in [3.05, 3.63) is 71.3 Å². The topological polar surface area (TPSA) is 106 Å². The van der Waals surface area contributed by atoms with Crippen molar-refractivity contribution < 1.29 is 18.8 Å². The number of hydrogen-bond donors (Lipinski definition) is 2. The third-order valence-electron chi connectivity index (χ3n) is 5.08. The average molecular weight is 484 g/mol. The van der Waals surface area contributed by atoms with Gasteiger partial charge >= 0.3 is 0 Å². The molecule has 0 fully saturated rings. The van der Waals surface area contributed by atoms with Crippen LogP contribution < -0.4 is 10.6 Å². The molecule has 8 nitrogen and oxygen atoms in total. The molecule has 1 atom stereocenters. The van der Waals surface area contributed by atoms with E-state index in [0.717, 1.165) is 0 Å². The second kappa shape index (κ2) is 11.6. The Morgan fingerprint density at radius 2 is 1.85 bits per heavy atom. The zero-order chi connectivity index (χ0) is 24.7. The molecule has 0 saturated heterocycles. The van der Waals surface area contributed by atoms with Gasteiger partial charge in [0.15, 0.2) is 16.8 Å². The van der Waals surface area contributed by atoms with E-state index in [4.69, 9.17) is 0 Å². The fraction of sp³-hybridized carbons (Fsp3) is 0.292. The molecule has 3 aromatic rings. The minimum atomic E-state index is -0.598. The van der Waals surface area contributed by atoms with E-state index in [9.17, 15) is 18.8 Å². The van der Waals surface area contributed by atoms with Crippen LogP contribution in [-0.4, -0.2) is 37.6 Å². The van der Waals surface area contributed by atoms with Gasteiger partial charge in [-0.2, -0.15) is 0 Å². The van der Waals surface area contributed by atoms with Gasteiger partial charge in [-0.3, -0.25) is 14.4 Å². The number of ketones is 1. The highest BCUT2D eigenvalue weighted by Gasteiger charge is 2.23. The third kappa shape index (κ3) is 6.07. The summed E-state index contributed by atoms with van der Waals surface area (Å²) in [5.74, 6) is -0.939. The monoisotopic (exact) mass is 483 g/mol. The lowest BCUT2D eigenvalue weighted by Crippen LogP contribution is -2.26. The quantitative estimate of drug-likeness (QED) is 0.333. The van der Waals surface area contributed by atoms with Gasteiger partial charge in [-0.1, -0.05) is 43.0 Å². The average Bonchev–Trinajstić information content (AvgIpc) is 3.22. The maximum absolute atomic E-state index is 13.8.